The average Bonchev–Trinajstić information content (AvgIpc) is 2.51. The molecular formula is C21H35NO. The molecule has 0 aromatic heterocycles. The third kappa shape index (κ3) is 4.96. The van der Waals surface area contributed by atoms with E-state index in [0.717, 1.165) is 32.2 Å². The molecule has 0 radical (unpaired) electrons. The molecule has 2 heteroatoms. The Morgan fingerprint density at radius 2 is 2.09 bits per heavy atom. The first kappa shape index (κ1) is 18.3. The Kier molecular flexibility index (Phi) is 6.11. The molecule has 0 aromatic carbocycles. The van der Waals surface area contributed by atoms with Crippen LogP contribution < -0.4 is 0 Å². The highest BCUT2D eigenvalue weighted by atomic mass is 16.2. The predicted molar refractivity (Wildman–Crippen MR) is 98.2 cm³/mol. The van der Waals surface area contributed by atoms with Crippen LogP contribution in [0.15, 0.2) is 23.8 Å². The van der Waals surface area contributed by atoms with Crippen LogP contribution >= 0.6 is 0 Å². The number of hydrogen-bond donors (Lipinski definition) is 0. The van der Waals surface area contributed by atoms with Gasteiger partial charge in [-0.3, -0.25) is 4.79 Å². The smallest absolute Gasteiger partial charge is 0.225 e. The second kappa shape index (κ2) is 7.68. The quantitative estimate of drug-likeness (QED) is 0.681. The maximum absolute atomic E-state index is 13.1. The maximum atomic E-state index is 13.1. The second-order valence-electron chi connectivity index (χ2n) is 8.69. The minimum Gasteiger partial charge on any atom is -0.345 e. The SMILES string of the molecule is CC(C)C1CCC(C)(C)CC1C(=O)N(C)CCC1=CCCC=C1. The molecule has 0 aromatic rings. The number of rotatable bonds is 5. The van der Waals surface area contributed by atoms with Crippen molar-refractivity contribution in [3.8, 4) is 0 Å². The van der Waals surface area contributed by atoms with Crippen LogP contribution in [0.1, 0.15) is 66.2 Å². The van der Waals surface area contributed by atoms with E-state index in [1.165, 1.54) is 18.4 Å². The van der Waals surface area contributed by atoms with Gasteiger partial charge in [-0.25, -0.2) is 0 Å². The fourth-order valence-corrected chi connectivity index (χ4v) is 4.22. The molecule has 0 heterocycles. The molecule has 1 amide bonds. The van der Waals surface area contributed by atoms with Gasteiger partial charge in [0.1, 0.15) is 0 Å². The maximum Gasteiger partial charge on any atom is 0.225 e. The van der Waals surface area contributed by atoms with E-state index in [4.69, 9.17) is 0 Å². The third-order valence-corrected chi connectivity index (χ3v) is 5.80. The number of hydrogen-bond acceptors (Lipinski definition) is 1. The number of carbonyl (C=O) groups excluding carboxylic acids is 1. The first-order valence-electron chi connectivity index (χ1n) is 9.41. The predicted octanol–water partition coefficient (Wildman–Crippen LogP) is 5.21. The van der Waals surface area contributed by atoms with Crippen molar-refractivity contribution in [1.29, 1.82) is 0 Å². The van der Waals surface area contributed by atoms with Crippen LogP contribution in [0.5, 0.6) is 0 Å². The second-order valence-corrected chi connectivity index (χ2v) is 8.69. The molecule has 2 atom stereocenters. The summed E-state index contributed by atoms with van der Waals surface area (Å²) < 4.78 is 0. The van der Waals surface area contributed by atoms with Crippen molar-refractivity contribution in [2.45, 2.75) is 66.2 Å². The molecule has 23 heavy (non-hydrogen) atoms. The van der Waals surface area contributed by atoms with Crippen molar-refractivity contribution < 1.29 is 4.79 Å². The Bertz CT molecular complexity index is 472. The molecule has 0 bridgehead atoms. The fourth-order valence-electron chi connectivity index (χ4n) is 4.22. The molecule has 0 spiro atoms. The lowest BCUT2D eigenvalue weighted by Crippen LogP contribution is -2.43. The summed E-state index contributed by atoms with van der Waals surface area (Å²) in [6.07, 6.45) is 13.6. The van der Waals surface area contributed by atoms with Crippen molar-refractivity contribution in [1.82, 2.24) is 4.90 Å². The van der Waals surface area contributed by atoms with E-state index in [-0.39, 0.29) is 5.92 Å². The highest BCUT2D eigenvalue weighted by Crippen LogP contribution is 2.45. The molecule has 1 fully saturated rings. The Labute approximate surface area is 143 Å². The summed E-state index contributed by atoms with van der Waals surface area (Å²) >= 11 is 0. The van der Waals surface area contributed by atoms with Gasteiger partial charge in [-0.15, -0.1) is 0 Å². The first-order chi connectivity index (χ1) is 10.8. The number of carbonyl (C=O) groups is 1. The van der Waals surface area contributed by atoms with Crippen molar-refractivity contribution in [3.63, 3.8) is 0 Å². The van der Waals surface area contributed by atoms with Crippen molar-refractivity contribution in [2.75, 3.05) is 13.6 Å². The van der Waals surface area contributed by atoms with Crippen LogP contribution in [0.3, 0.4) is 0 Å². The standard InChI is InChI=1S/C21H35NO/c1-16(2)18-11-13-21(3,4)15-19(18)20(23)22(5)14-12-17-9-7-6-8-10-17/h7,9-10,16,18-19H,6,8,11-15H2,1-5H3. The molecule has 2 rings (SSSR count). The van der Waals surface area contributed by atoms with Crippen molar-refractivity contribution in [2.24, 2.45) is 23.2 Å². The highest BCUT2D eigenvalue weighted by molar-refractivity contribution is 5.79. The monoisotopic (exact) mass is 317 g/mol. The molecule has 0 N–H and O–H groups in total. The van der Waals surface area contributed by atoms with Gasteiger partial charge in [-0.05, 0) is 55.8 Å². The van der Waals surface area contributed by atoms with Gasteiger partial charge in [0.05, 0.1) is 0 Å². The fraction of sp³-hybridized carbons (Fsp3) is 0.762. The van der Waals surface area contributed by atoms with Gasteiger partial charge in [-0.1, -0.05) is 51.5 Å². The molecule has 2 aliphatic carbocycles. The van der Waals surface area contributed by atoms with Crippen LogP contribution in [0.2, 0.25) is 0 Å². The molecule has 0 aliphatic heterocycles. The van der Waals surface area contributed by atoms with Gasteiger partial charge in [0, 0.05) is 19.5 Å². The zero-order valence-electron chi connectivity index (χ0n) is 15.8. The Hall–Kier alpha value is -1.05. The van der Waals surface area contributed by atoms with Gasteiger partial charge in [0.25, 0.3) is 0 Å². The zero-order chi connectivity index (χ0) is 17.0. The number of allylic oxidation sites excluding steroid dienone is 3. The van der Waals surface area contributed by atoms with E-state index in [1.54, 1.807) is 0 Å². The van der Waals surface area contributed by atoms with E-state index in [0.29, 0.717) is 23.2 Å². The first-order valence-corrected chi connectivity index (χ1v) is 9.41. The van der Waals surface area contributed by atoms with E-state index >= 15 is 0 Å². The Morgan fingerprint density at radius 3 is 2.70 bits per heavy atom. The van der Waals surface area contributed by atoms with Crippen LogP contribution in [0.25, 0.3) is 0 Å². The minimum absolute atomic E-state index is 0.208. The molecule has 2 nitrogen and oxygen atoms in total. The third-order valence-electron chi connectivity index (χ3n) is 5.80. The highest BCUT2D eigenvalue weighted by Gasteiger charge is 2.40. The van der Waals surface area contributed by atoms with Gasteiger partial charge in [0.15, 0.2) is 0 Å². The summed E-state index contributed by atoms with van der Waals surface area (Å²) in [5.41, 5.74) is 1.70. The van der Waals surface area contributed by atoms with E-state index in [2.05, 4.69) is 45.9 Å². The molecule has 0 saturated heterocycles. The van der Waals surface area contributed by atoms with Gasteiger partial charge in [-0.2, -0.15) is 0 Å². The van der Waals surface area contributed by atoms with Gasteiger partial charge in [0.2, 0.25) is 5.91 Å². The topological polar surface area (TPSA) is 20.3 Å². The summed E-state index contributed by atoms with van der Waals surface area (Å²) in [6.45, 7) is 10.0. The molecule has 1 saturated carbocycles. The number of amides is 1. The van der Waals surface area contributed by atoms with Crippen molar-refractivity contribution in [3.05, 3.63) is 23.8 Å². The van der Waals surface area contributed by atoms with Crippen LogP contribution in [-0.2, 0) is 4.79 Å². The van der Waals surface area contributed by atoms with Crippen molar-refractivity contribution >= 4 is 5.91 Å². The molecular weight excluding hydrogens is 282 g/mol. The number of nitrogens with zero attached hydrogens (tertiary/aromatic N) is 1. The molecule has 2 aliphatic rings. The van der Waals surface area contributed by atoms with Crippen LogP contribution in [-0.4, -0.2) is 24.4 Å². The summed E-state index contributed by atoms with van der Waals surface area (Å²) in [5.74, 6) is 1.72. The lowest BCUT2D eigenvalue weighted by molar-refractivity contribution is -0.140. The van der Waals surface area contributed by atoms with Crippen LogP contribution in [0.4, 0.5) is 0 Å². The minimum atomic E-state index is 0.208. The van der Waals surface area contributed by atoms with Crippen LogP contribution in [0, 0.1) is 23.2 Å². The summed E-state index contributed by atoms with van der Waals surface area (Å²) in [7, 11) is 1.99. The normalized spacial score (nSPS) is 27.0. The summed E-state index contributed by atoms with van der Waals surface area (Å²) in [6, 6.07) is 0. The largest absolute Gasteiger partial charge is 0.345 e. The molecule has 2 unspecified atom stereocenters. The van der Waals surface area contributed by atoms with E-state index in [1.807, 2.05) is 11.9 Å². The summed E-state index contributed by atoms with van der Waals surface area (Å²) in [5, 5.41) is 0. The Morgan fingerprint density at radius 1 is 1.35 bits per heavy atom. The van der Waals surface area contributed by atoms with Gasteiger partial charge >= 0.3 is 0 Å². The Balaban J connectivity index is 1.97. The molecule has 130 valence electrons. The van der Waals surface area contributed by atoms with Gasteiger partial charge < -0.3 is 4.90 Å². The average molecular weight is 318 g/mol. The zero-order valence-corrected chi connectivity index (χ0v) is 15.8. The lowest BCUT2D eigenvalue weighted by atomic mass is 9.64. The summed E-state index contributed by atoms with van der Waals surface area (Å²) in [4.78, 5) is 15.1. The van der Waals surface area contributed by atoms with E-state index < -0.39 is 0 Å². The lowest BCUT2D eigenvalue weighted by Gasteiger charge is -2.43. The van der Waals surface area contributed by atoms with E-state index in [9.17, 15) is 4.79 Å².